The zero-order valence-electron chi connectivity index (χ0n) is 14.2. The van der Waals surface area contributed by atoms with Crippen LogP contribution in [0.1, 0.15) is 34.8 Å². The number of amides is 2. The Kier molecular flexibility index (Phi) is 5.52. The van der Waals surface area contributed by atoms with E-state index >= 15 is 0 Å². The molecular formula is C15H20N6O4. The van der Waals surface area contributed by atoms with E-state index in [0.29, 0.717) is 12.5 Å². The molecule has 0 aromatic carbocycles. The van der Waals surface area contributed by atoms with Crippen LogP contribution in [0.15, 0.2) is 18.5 Å². The minimum atomic E-state index is -1.17. The molecule has 0 spiro atoms. The molecule has 2 heterocycles. The van der Waals surface area contributed by atoms with Crippen LogP contribution >= 0.6 is 0 Å². The molecule has 2 amide bonds. The van der Waals surface area contributed by atoms with E-state index in [0.717, 1.165) is 0 Å². The zero-order valence-corrected chi connectivity index (χ0v) is 14.2. The minimum Gasteiger partial charge on any atom is -0.476 e. The lowest BCUT2D eigenvalue weighted by molar-refractivity contribution is -0.116. The maximum atomic E-state index is 12.3. The third kappa shape index (κ3) is 4.66. The molecule has 0 unspecified atom stereocenters. The molecule has 0 aliphatic carbocycles. The van der Waals surface area contributed by atoms with Gasteiger partial charge in [-0.25, -0.2) is 4.79 Å². The summed E-state index contributed by atoms with van der Waals surface area (Å²) in [4.78, 5) is 35.2. The number of carboxylic acids is 1. The second-order valence-electron chi connectivity index (χ2n) is 5.89. The Bertz CT molecular complexity index is 792. The molecule has 0 saturated heterocycles. The number of carboxylic acid groups (broad SMARTS) is 1. The molecule has 0 saturated carbocycles. The summed E-state index contributed by atoms with van der Waals surface area (Å²) in [7, 11) is 1.60. The van der Waals surface area contributed by atoms with Crippen LogP contribution in [0, 0.1) is 5.92 Å². The standard InChI is InChI=1S/C15H20N6O4/c1-9(2)6-16-14(23)13-11(7-17-20(13)3)18-12(22)8-21-5-4-10(19-21)15(24)25/h4-5,7,9H,6,8H2,1-3H3,(H,16,23)(H,18,22)(H,24,25). The molecule has 0 atom stereocenters. The van der Waals surface area contributed by atoms with Crippen LogP contribution in [0.3, 0.4) is 0 Å². The fourth-order valence-corrected chi connectivity index (χ4v) is 2.08. The van der Waals surface area contributed by atoms with Gasteiger partial charge in [-0.3, -0.25) is 19.0 Å². The molecule has 0 bridgehead atoms. The number of aromatic nitrogens is 4. The van der Waals surface area contributed by atoms with Crippen LogP contribution in [0.25, 0.3) is 0 Å². The number of aromatic carboxylic acids is 1. The molecule has 25 heavy (non-hydrogen) atoms. The second kappa shape index (κ2) is 7.60. The maximum absolute atomic E-state index is 12.3. The lowest BCUT2D eigenvalue weighted by atomic mass is 10.2. The summed E-state index contributed by atoms with van der Waals surface area (Å²) < 4.78 is 2.58. The van der Waals surface area contributed by atoms with Gasteiger partial charge in [0.05, 0.1) is 11.9 Å². The topological polar surface area (TPSA) is 131 Å². The minimum absolute atomic E-state index is 0.150. The maximum Gasteiger partial charge on any atom is 0.356 e. The summed E-state index contributed by atoms with van der Waals surface area (Å²) in [6, 6.07) is 1.30. The van der Waals surface area contributed by atoms with Gasteiger partial charge in [0.15, 0.2) is 5.69 Å². The average Bonchev–Trinajstić information content (AvgIpc) is 3.12. The van der Waals surface area contributed by atoms with Gasteiger partial charge < -0.3 is 15.7 Å². The van der Waals surface area contributed by atoms with Crippen LogP contribution in [0.2, 0.25) is 0 Å². The lowest BCUT2D eigenvalue weighted by Crippen LogP contribution is -2.30. The molecule has 0 fully saturated rings. The first kappa shape index (κ1) is 18.2. The van der Waals surface area contributed by atoms with Gasteiger partial charge in [0.2, 0.25) is 5.91 Å². The number of anilines is 1. The SMILES string of the molecule is CC(C)CNC(=O)c1c(NC(=O)Cn2ccc(C(=O)O)n2)cnn1C. The number of carbonyl (C=O) groups is 3. The molecule has 10 nitrogen and oxygen atoms in total. The van der Waals surface area contributed by atoms with Crippen molar-refractivity contribution in [2.75, 3.05) is 11.9 Å². The highest BCUT2D eigenvalue weighted by Crippen LogP contribution is 2.14. The van der Waals surface area contributed by atoms with Crippen molar-refractivity contribution in [2.24, 2.45) is 13.0 Å². The molecule has 3 N–H and O–H groups in total. The van der Waals surface area contributed by atoms with Crippen LogP contribution in [-0.2, 0) is 18.4 Å². The van der Waals surface area contributed by atoms with Gasteiger partial charge in [-0.05, 0) is 12.0 Å². The summed E-state index contributed by atoms with van der Waals surface area (Å²) >= 11 is 0. The Morgan fingerprint density at radius 3 is 2.64 bits per heavy atom. The molecule has 10 heteroatoms. The predicted octanol–water partition coefficient (Wildman–Crippen LogP) is 0.339. The largest absolute Gasteiger partial charge is 0.476 e. The summed E-state index contributed by atoms with van der Waals surface area (Å²) in [5, 5.41) is 21.9. The number of aryl methyl sites for hydroxylation is 1. The van der Waals surface area contributed by atoms with E-state index in [-0.39, 0.29) is 29.5 Å². The summed E-state index contributed by atoms with van der Waals surface area (Å²) in [6.45, 7) is 4.27. The number of nitrogens with zero attached hydrogens (tertiary/aromatic N) is 4. The van der Waals surface area contributed by atoms with Gasteiger partial charge in [-0.15, -0.1) is 0 Å². The van der Waals surface area contributed by atoms with Gasteiger partial charge in [0.1, 0.15) is 12.2 Å². The van der Waals surface area contributed by atoms with E-state index in [1.165, 1.54) is 27.8 Å². The van der Waals surface area contributed by atoms with Crippen molar-refractivity contribution in [3.05, 3.63) is 29.8 Å². The van der Waals surface area contributed by atoms with Gasteiger partial charge in [0.25, 0.3) is 5.91 Å². The van der Waals surface area contributed by atoms with E-state index in [9.17, 15) is 14.4 Å². The first-order chi connectivity index (χ1) is 11.8. The van der Waals surface area contributed by atoms with E-state index in [1.807, 2.05) is 13.8 Å². The summed E-state index contributed by atoms with van der Waals surface area (Å²) in [5.74, 6) is -1.67. The molecule has 0 aliphatic rings. The predicted molar refractivity (Wildman–Crippen MR) is 88.2 cm³/mol. The average molecular weight is 348 g/mol. The Hall–Kier alpha value is -3.17. The van der Waals surface area contributed by atoms with Crippen molar-refractivity contribution in [3.63, 3.8) is 0 Å². The fraction of sp³-hybridized carbons (Fsp3) is 0.400. The third-order valence-corrected chi connectivity index (χ3v) is 3.26. The van der Waals surface area contributed by atoms with Gasteiger partial charge in [0, 0.05) is 19.8 Å². The second-order valence-corrected chi connectivity index (χ2v) is 5.89. The van der Waals surface area contributed by atoms with Crippen LogP contribution < -0.4 is 10.6 Å². The Morgan fingerprint density at radius 2 is 2.04 bits per heavy atom. The highest BCUT2D eigenvalue weighted by atomic mass is 16.4. The van der Waals surface area contributed by atoms with Gasteiger partial charge in [-0.2, -0.15) is 10.2 Å². The Morgan fingerprint density at radius 1 is 1.32 bits per heavy atom. The van der Waals surface area contributed by atoms with Crippen molar-refractivity contribution < 1.29 is 19.5 Å². The van der Waals surface area contributed by atoms with Crippen molar-refractivity contribution in [2.45, 2.75) is 20.4 Å². The smallest absolute Gasteiger partial charge is 0.356 e. The normalized spacial score (nSPS) is 10.7. The number of hydrogen-bond donors (Lipinski definition) is 3. The van der Waals surface area contributed by atoms with Crippen LogP contribution in [-0.4, -0.2) is 49.0 Å². The van der Waals surface area contributed by atoms with Gasteiger partial charge in [-0.1, -0.05) is 13.8 Å². The first-order valence-electron chi connectivity index (χ1n) is 7.64. The third-order valence-electron chi connectivity index (χ3n) is 3.26. The molecule has 2 rings (SSSR count). The van der Waals surface area contributed by atoms with Crippen molar-refractivity contribution in [1.29, 1.82) is 0 Å². The highest BCUT2D eigenvalue weighted by Gasteiger charge is 2.19. The molecular weight excluding hydrogens is 328 g/mol. The zero-order chi connectivity index (χ0) is 18.6. The molecule has 2 aromatic heterocycles. The lowest BCUT2D eigenvalue weighted by Gasteiger charge is -2.10. The van der Waals surface area contributed by atoms with Gasteiger partial charge >= 0.3 is 5.97 Å². The van der Waals surface area contributed by atoms with Crippen molar-refractivity contribution >= 4 is 23.5 Å². The van der Waals surface area contributed by atoms with E-state index < -0.39 is 11.9 Å². The summed E-state index contributed by atoms with van der Waals surface area (Å²) in [5.41, 5.74) is 0.364. The van der Waals surface area contributed by atoms with Crippen molar-refractivity contribution in [1.82, 2.24) is 24.9 Å². The number of rotatable bonds is 7. The molecule has 0 radical (unpaired) electrons. The highest BCUT2D eigenvalue weighted by molar-refractivity contribution is 6.02. The van der Waals surface area contributed by atoms with Crippen LogP contribution in [0.4, 0.5) is 5.69 Å². The van der Waals surface area contributed by atoms with Crippen LogP contribution in [0.5, 0.6) is 0 Å². The van der Waals surface area contributed by atoms with Crippen molar-refractivity contribution in [3.8, 4) is 0 Å². The number of carbonyl (C=O) groups excluding carboxylic acids is 2. The number of nitrogens with one attached hydrogen (secondary N) is 2. The Labute approximate surface area is 143 Å². The molecule has 2 aromatic rings. The van der Waals surface area contributed by atoms with E-state index in [1.54, 1.807) is 7.05 Å². The Balaban J connectivity index is 2.05. The van der Waals surface area contributed by atoms with E-state index in [4.69, 9.17) is 5.11 Å². The molecule has 134 valence electrons. The molecule has 0 aliphatic heterocycles. The quantitative estimate of drug-likeness (QED) is 0.661. The monoisotopic (exact) mass is 348 g/mol. The first-order valence-corrected chi connectivity index (χ1v) is 7.64. The number of hydrogen-bond acceptors (Lipinski definition) is 5. The summed E-state index contributed by atoms with van der Waals surface area (Å²) in [6.07, 6.45) is 2.77. The fourth-order valence-electron chi connectivity index (χ4n) is 2.08. The van der Waals surface area contributed by atoms with E-state index in [2.05, 4.69) is 20.8 Å².